The van der Waals surface area contributed by atoms with Crippen molar-refractivity contribution in [1.82, 2.24) is 0 Å². The average molecular weight is 297 g/mol. The minimum Gasteiger partial charge on any atom is -0.417 e. The largest absolute Gasteiger partial charge is 0.417 e. The quantitative estimate of drug-likeness (QED) is 0.335. The maximum atomic E-state index is 6.30. The van der Waals surface area contributed by atoms with Gasteiger partial charge in [-0.25, -0.2) is 0 Å². The summed E-state index contributed by atoms with van der Waals surface area (Å²) in [5.41, 5.74) is 1.84. The molecule has 0 saturated heterocycles. The molecule has 1 unspecified atom stereocenters. The summed E-state index contributed by atoms with van der Waals surface area (Å²) in [6.07, 6.45) is 6.42. The van der Waals surface area contributed by atoms with Gasteiger partial charge >= 0.3 is 0 Å². The highest BCUT2D eigenvalue weighted by molar-refractivity contribution is 6.74. The fourth-order valence-electron chi connectivity index (χ4n) is 3.02. The normalized spacial score (nSPS) is 28.8. The second-order valence-electron chi connectivity index (χ2n) is 8.59. The third-order valence-electron chi connectivity index (χ3n) is 5.88. The molecular weight excluding hydrogens is 260 g/mol. The van der Waals surface area contributed by atoms with E-state index in [1.54, 1.807) is 0 Å². The molecule has 0 radical (unpaired) electrons. The van der Waals surface area contributed by atoms with Crippen LogP contribution < -0.4 is 0 Å². The Morgan fingerprint density at radius 1 is 1.35 bits per heavy atom. The summed E-state index contributed by atoms with van der Waals surface area (Å²) in [5, 5.41) is 0.319. The highest BCUT2D eigenvalue weighted by Gasteiger charge is 2.37. The molecule has 0 heterocycles. The monoisotopic (exact) mass is 296 g/mol. The second kappa shape index (κ2) is 6.35. The summed E-state index contributed by atoms with van der Waals surface area (Å²) in [6, 6.07) is 0. The minimum atomic E-state index is -1.57. The van der Waals surface area contributed by atoms with Crippen LogP contribution in [0.15, 0.2) is 12.2 Å². The molecule has 1 fully saturated rings. The van der Waals surface area contributed by atoms with E-state index in [1.165, 1.54) is 37.7 Å². The first kappa shape index (κ1) is 18.0. The van der Waals surface area contributed by atoms with E-state index in [0.717, 1.165) is 6.61 Å². The van der Waals surface area contributed by atoms with E-state index in [2.05, 4.69) is 54.3 Å². The van der Waals surface area contributed by atoms with E-state index < -0.39 is 8.32 Å². The topological polar surface area (TPSA) is 9.23 Å². The van der Waals surface area contributed by atoms with Gasteiger partial charge in [0.2, 0.25) is 0 Å². The molecule has 0 aromatic rings. The Kier molecular flexibility index (Phi) is 5.71. The molecule has 0 aromatic carbocycles. The van der Waals surface area contributed by atoms with Crippen molar-refractivity contribution in [2.75, 3.05) is 6.61 Å². The van der Waals surface area contributed by atoms with Gasteiger partial charge in [0.05, 0.1) is 0 Å². The Balaban J connectivity index is 2.43. The first-order chi connectivity index (χ1) is 9.00. The van der Waals surface area contributed by atoms with Crippen LogP contribution in [0.5, 0.6) is 0 Å². The van der Waals surface area contributed by atoms with E-state index in [-0.39, 0.29) is 0 Å². The van der Waals surface area contributed by atoms with Crippen molar-refractivity contribution in [3.63, 3.8) is 0 Å². The smallest absolute Gasteiger partial charge is 0.191 e. The van der Waals surface area contributed by atoms with Crippen LogP contribution in [0.3, 0.4) is 0 Å². The lowest BCUT2D eigenvalue weighted by Gasteiger charge is -2.40. The van der Waals surface area contributed by atoms with Gasteiger partial charge < -0.3 is 4.43 Å². The third-order valence-corrected chi connectivity index (χ3v) is 10.4. The van der Waals surface area contributed by atoms with Gasteiger partial charge in [-0.05, 0) is 55.1 Å². The van der Waals surface area contributed by atoms with Gasteiger partial charge in [-0.1, -0.05) is 53.2 Å². The predicted octanol–water partition coefficient (Wildman–Crippen LogP) is 6.17. The van der Waals surface area contributed by atoms with E-state index in [0.29, 0.717) is 16.4 Å². The molecule has 1 rings (SSSR count). The molecule has 0 N–H and O–H groups in total. The fraction of sp³-hybridized carbons (Fsp3) is 0.889. The number of hydrogen-bond acceptors (Lipinski definition) is 1. The molecule has 20 heavy (non-hydrogen) atoms. The first-order valence-electron chi connectivity index (χ1n) is 8.33. The van der Waals surface area contributed by atoms with Gasteiger partial charge in [-0.2, -0.15) is 0 Å². The average Bonchev–Trinajstić information content (AvgIpc) is 2.30. The summed E-state index contributed by atoms with van der Waals surface area (Å²) >= 11 is 0. The molecule has 1 aliphatic rings. The third kappa shape index (κ3) is 4.21. The predicted molar refractivity (Wildman–Crippen MR) is 92.6 cm³/mol. The Hall–Kier alpha value is -0.0831. The number of hydrogen-bond donors (Lipinski definition) is 0. The second-order valence-corrected chi connectivity index (χ2v) is 13.4. The highest BCUT2D eigenvalue weighted by atomic mass is 28.4. The van der Waals surface area contributed by atoms with Crippen LogP contribution in [0.4, 0.5) is 0 Å². The Bertz CT molecular complexity index is 340. The summed E-state index contributed by atoms with van der Waals surface area (Å²) in [5.74, 6) is 0.704. The summed E-state index contributed by atoms with van der Waals surface area (Å²) in [4.78, 5) is 0. The van der Waals surface area contributed by atoms with Crippen molar-refractivity contribution < 1.29 is 4.43 Å². The van der Waals surface area contributed by atoms with Crippen molar-refractivity contribution in [2.24, 2.45) is 11.3 Å². The molecule has 2 heteroatoms. The van der Waals surface area contributed by atoms with E-state index in [1.807, 2.05) is 0 Å². The van der Waals surface area contributed by atoms with Crippen LogP contribution in [0, 0.1) is 11.3 Å². The minimum absolute atomic E-state index is 0.319. The summed E-state index contributed by atoms with van der Waals surface area (Å²) < 4.78 is 6.30. The molecule has 0 bridgehead atoms. The van der Waals surface area contributed by atoms with Crippen molar-refractivity contribution in [3.8, 4) is 0 Å². The van der Waals surface area contributed by atoms with Gasteiger partial charge in [-0.15, -0.1) is 0 Å². The lowest BCUT2D eigenvalue weighted by atomic mass is 9.66. The lowest BCUT2D eigenvalue weighted by Crippen LogP contribution is -2.41. The first-order valence-corrected chi connectivity index (χ1v) is 11.2. The molecule has 0 spiro atoms. The molecule has 0 amide bonds. The van der Waals surface area contributed by atoms with Crippen LogP contribution >= 0.6 is 0 Å². The maximum Gasteiger partial charge on any atom is 0.191 e. The standard InChI is InChI=1S/C18H36OSi/c1-15-11-9-12-18(6,16(15)2)13-10-14-19-20(7,8)17(3,4)5/h15H,2,9-14H2,1,3-8H3/t15?,18-/m1/s1. The molecule has 118 valence electrons. The molecular formula is C18H36OSi. The Morgan fingerprint density at radius 2 is 1.95 bits per heavy atom. The SMILES string of the molecule is C=C1C(C)CCC[C@]1(C)CCCO[Si](C)(C)C(C)(C)C. The van der Waals surface area contributed by atoms with Gasteiger partial charge in [0.1, 0.15) is 0 Å². The summed E-state index contributed by atoms with van der Waals surface area (Å²) in [7, 11) is -1.57. The zero-order chi connectivity index (χ0) is 15.6. The number of rotatable bonds is 5. The zero-order valence-corrected chi connectivity index (χ0v) is 15.9. The van der Waals surface area contributed by atoms with Crippen molar-refractivity contribution >= 4 is 8.32 Å². The van der Waals surface area contributed by atoms with Gasteiger partial charge in [-0.3, -0.25) is 0 Å². The summed E-state index contributed by atoms with van der Waals surface area (Å²) in [6.45, 7) is 21.7. The van der Waals surface area contributed by atoms with Crippen molar-refractivity contribution in [2.45, 2.75) is 84.9 Å². The van der Waals surface area contributed by atoms with E-state index >= 15 is 0 Å². The van der Waals surface area contributed by atoms with Gasteiger partial charge in [0.25, 0.3) is 0 Å². The van der Waals surface area contributed by atoms with Crippen LogP contribution in [0.25, 0.3) is 0 Å². The fourth-order valence-corrected chi connectivity index (χ4v) is 4.11. The molecule has 1 aliphatic carbocycles. The van der Waals surface area contributed by atoms with Crippen LogP contribution in [0.1, 0.15) is 66.7 Å². The molecule has 0 aromatic heterocycles. The van der Waals surface area contributed by atoms with Crippen molar-refractivity contribution in [1.29, 1.82) is 0 Å². The Labute approximate surface area is 128 Å². The lowest BCUT2D eigenvalue weighted by molar-refractivity contribution is 0.209. The van der Waals surface area contributed by atoms with Crippen LogP contribution in [-0.2, 0) is 4.43 Å². The highest BCUT2D eigenvalue weighted by Crippen LogP contribution is 2.46. The van der Waals surface area contributed by atoms with Gasteiger partial charge in [0, 0.05) is 6.61 Å². The maximum absolute atomic E-state index is 6.30. The number of allylic oxidation sites excluding steroid dienone is 1. The van der Waals surface area contributed by atoms with Crippen LogP contribution in [0.2, 0.25) is 18.1 Å². The van der Waals surface area contributed by atoms with Crippen molar-refractivity contribution in [3.05, 3.63) is 12.2 Å². The molecule has 2 atom stereocenters. The molecule has 1 saturated carbocycles. The van der Waals surface area contributed by atoms with Crippen LogP contribution in [-0.4, -0.2) is 14.9 Å². The molecule has 0 aliphatic heterocycles. The Morgan fingerprint density at radius 3 is 2.50 bits per heavy atom. The molecule has 1 nitrogen and oxygen atoms in total. The van der Waals surface area contributed by atoms with Gasteiger partial charge in [0.15, 0.2) is 8.32 Å². The zero-order valence-electron chi connectivity index (χ0n) is 14.9. The van der Waals surface area contributed by atoms with E-state index in [4.69, 9.17) is 4.43 Å². The van der Waals surface area contributed by atoms with E-state index in [9.17, 15) is 0 Å².